The number of thioether (sulfide) groups is 2. The molecule has 0 bridgehead atoms. The Kier molecular flexibility index (Phi) is 2.88. The van der Waals surface area contributed by atoms with Gasteiger partial charge in [-0.05, 0) is 0 Å². The van der Waals surface area contributed by atoms with Crippen LogP contribution >= 0.6 is 23.5 Å². The predicted molar refractivity (Wildman–Crippen MR) is 44.3 cm³/mol. The van der Waals surface area contributed by atoms with Crippen molar-refractivity contribution in [3.8, 4) is 0 Å². The van der Waals surface area contributed by atoms with Gasteiger partial charge < -0.3 is 10.8 Å². The zero-order chi connectivity index (χ0) is 7.56. The van der Waals surface area contributed by atoms with Crippen molar-refractivity contribution in [2.45, 2.75) is 10.6 Å². The summed E-state index contributed by atoms with van der Waals surface area (Å²) in [7, 11) is 0. The Balaban J connectivity index is 2.39. The number of carboxylic acids is 1. The normalized spacial score (nSPS) is 22.9. The number of hydrogen-bond donors (Lipinski definition) is 2. The molecule has 1 heterocycles. The Bertz CT molecular complexity index is 136. The molecule has 1 aliphatic heterocycles. The largest absolute Gasteiger partial charge is 0.480 e. The molecule has 1 rings (SSSR count). The second kappa shape index (κ2) is 3.50. The monoisotopic (exact) mass is 179 g/mol. The Morgan fingerprint density at radius 2 is 2.10 bits per heavy atom. The molecule has 1 atom stereocenters. The molecule has 0 aromatic rings. The lowest BCUT2D eigenvalue weighted by Gasteiger charge is -2.11. The van der Waals surface area contributed by atoms with Crippen molar-refractivity contribution in [1.82, 2.24) is 0 Å². The van der Waals surface area contributed by atoms with Gasteiger partial charge in [-0.15, -0.1) is 23.5 Å². The number of carbonyl (C=O) groups is 1. The molecule has 58 valence electrons. The van der Waals surface area contributed by atoms with Crippen LogP contribution in [0.5, 0.6) is 0 Å². The minimum atomic E-state index is -0.896. The van der Waals surface area contributed by atoms with Crippen molar-refractivity contribution in [1.29, 1.82) is 0 Å². The molecule has 5 heteroatoms. The van der Waals surface area contributed by atoms with Crippen LogP contribution in [0.2, 0.25) is 0 Å². The third kappa shape index (κ3) is 1.81. The topological polar surface area (TPSA) is 63.3 Å². The summed E-state index contributed by atoms with van der Waals surface area (Å²) in [6.07, 6.45) is 0. The molecule has 0 aromatic heterocycles. The van der Waals surface area contributed by atoms with Gasteiger partial charge in [0.25, 0.3) is 0 Å². The second-order valence-electron chi connectivity index (χ2n) is 1.97. The quantitative estimate of drug-likeness (QED) is 0.634. The summed E-state index contributed by atoms with van der Waals surface area (Å²) in [6.45, 7) is 0. The molecule has 0 radical (unpaired) electrons. The zero-order valence-electron chi connectivity index (χ0n) is 5.32. The van der Waals surface area contributed by atoms with Crippen molar-refractivity contribution >= 4 is 29.5 Å². The average Bonchev–Trinajstić information content (AvgIpc) is 2.36. The van der Waals surface area contributed by atoms with E-state index in [0.717, 1.165) is 11.5 Å². The fourth-order valence-corrected chi connectivity index (χ4v) is 3.54. The minimum Gasteiger partial charge on any atom is -0.480 e. The lowest BCUT2D eigenvalue weighted by molar-refractivity contribution is -0.138. The van der Waals surface area contributed by atoms with E-state index in [4.69, 9.17) is 10.8 Å². The van der Waals surface area contributed by atoms with E-state index >= 15 is 0 Å². The number of nitrogens with two attached hydrogens (primary N) is 1. The number of aliphatic carboxylic acids is 1. The molecule has 3 N–H and O–H groups in total. The highest BCUT2D eigenvalue weighted by molar-refractivity contribution is 8.20. The van der Waals surface area contributed by atoms with E-state index in [1.165, 1.54) is 0 Å². The van der Waals surface area contributed by atoms with Crippen LogP contribution in [0.4, 0.5) is 0 Å². The smallest absolute Gasteiger partial charge is 0.322 e. The summed E-state index contributed by atoms with van der Waals surface area (Å²) < 4.78 is 0.0671. The van der Waals surface area contributed by atoms with Crippen LogP contribution < -0.4 is 5.73 Å². The molecular formula is C5H9NO2S2. The molecule has 0 saturated carbocycles. The Morgan fingerprint density at radius 3 is 2.50 bits per heavy atom. The van der Waals surface area contributed by atoms with Crippen molar-refractivity contribution in [2.75, 3.05) is 11.5 Å². The summed E-state index contributed by atoms with van der Waals surface area (Å²) in [5.74, 6) is 1.15. The van der Waals surface area contributed by atoms with E-state index in [-0.39, 0.29) is 4.58 Å². The third-order valence-corrected chi connectivity index (χ3v) is 4.42. The third-order valence-electron chi connectivity index (χ3n) is 1.23. The number of carboxylic acid groups (broad SMARTS) is 1. The van der Waals surface area contributed by atoms with Gasteiger partial charge in [0.1, 0.15) is 6.04 Å². The van der Waals surface area contributed by atoms with Gasteiger partial charge in [0.05, 0.1) is 4.58 Å². The van der Waals surface area contributed by atoms with Crippen LogP contribution in [-0.4, -0.2) is 33.2 Å². The highest BCUT2D eigenvalue weighted by Crippen LogP contribution is 2.33. The van der Waals surface area contributed by atoms with Crippen LogP contribution in [0.3, 0.4) is 0 Å². The van der Waals surface area contributed by atoms with Gasteiger partial charge in [0.15, 0.2) is 0 Å². The molecule has 1 saturated heterocycles. The number of rotatable bonds is 2. The molecule has 3 nitrogen and oxygen atoms in total. The Morgan fingerprint density at radius 1 is 1.60 bits per heavy atom. The predicted octanol–water partition coefficient (Wildman–Crippen LogP) is 0.204. The summed E-state index contributed by atoms with van der Waals surface area (Å²) >= 11 is 3.27. The van der Waals surface area contributed by atoms with Gasteiger partial charge >= 0.3 is 5.97 Å². The first-order valence-electron chi connectivity index (χ1n) is 2.93. The summed E-state index contributed by atoms with van der Waals surface area (Å²) in [6, 6.07) is -0.697. The first kappa shape index (κ1) is 8.23. The molecular weight excluding hydrogens is 170 g/mol. The van der Waals surface area contributed by atoms with Gasteiger partial charge in [-0.2, -0.15) is 0 Å². The lowest BCUT2D eigenvalue weighted by atomic mass is 10.4. The van der Waals surface area contributed by atoms with E-state index in [1.54, 1.807) is 23.5 Å². The van der Waals surface area contributed by atoms with Crippen molar-refractivity contribution in [3.05, 3.63) is 0 Å². The van der Waals surface area contributed by atoms with E-state index in [0.29, 0.717) is 0 Å². The van der Waals surface area contributed by atoms with E-state index in [2.05, 4.69) is 0 Å². The van der Waals surface area contributed by atoms with Gasteiger partial charge in [-0.1, -0.05) is 0 Å². The fourth-order valence-electron chi connectivity index (χ4n) is 0.700. The lowest BCUT2D eigenvalue weighted by Crippen LogP contribution is -2.37. The van der Waals surface area contributed by atoms with E-state index in [1.807, 2.05) is 0 Å². The van der Waals surface area contributed by atoms with Crippen molar-refractivity contribution in [3.63, 3.8) is 0 Å². The second-order valence-corrected chi connectivity index (χ2v) is 4.77. The van der Waals surface area contributed by atoms with Gasteiger partial charge in [0.2, 0.25) is 0 Å². The zero-order valence-corrected chi connectivity index (χ0v) is 6.95. The Hall–Kier alpha value is 0.130. The molecule has 1 fully saturated rings. The van der Waals surface area contributed by atoms with Crippen molar-refractivity contribution in [2.24, 2.45) is 5.73 Å². The highest BCUT2D eigenvalue weighted by Gasteiger charge is 2.28. The molecule has 1 aliphatic rings. The van der Waals surface area contributed by atoms with Gasteiger partial charge in [-0.3, -0.25) is 4.79 Å². The molecule has 0 aliphatic carbocycles. The van der Waals surface area contributed by atoms with Gasteiger partial charge in [0, 0.05) is 11.5 Å². The molecule has 0 unspecified atom stereocenters. The summed E-state index contributed by atoms with van der Waals surface area (Å²) in [4.78, 5) is 10.3. The fraction of sp³-hybridized carbons (Fsp3) is 0.800. The molecule has 0 aromatic carbocycles. The molecule has 10 heavy (non-hydrogen) atoms. The van der Waals surface area contributed by atoms with Gasteiger partial charge in [-0.25, -0.2) is 0 Å². The first-order valence-corrected chi connectivity index (χ1v) is 5.03. The molecule has 0 spiro atoms. The van der Waals surface area contributed by atoms with E-state index in [9.17, 15) is 4.79 Å². The summed E-state index contributed by atoms with van der Waals surface area (Å²) in [5.41, 5.74) is 5.38. The van der Waals surface area contributed by atoms with Crippen molar-refractivity contribution < 1.29 is 9.90 Å². The highest BCUT2D eigenvalue weighted by atomic mass is 32.2. The standard InChI is InChI=1S/C5H9NO2S2/c6-3(4(7)8)5-9-1-2-10-5/h3,5H,1-2,6H2,(H,7,8)/t3-/m1/s1. The van der Waals surface area contributed by atoms with Crippen LogP contribution in [-0.2, 0) is 4.79 Å². The maximum atomic E-state index is 10.3. The van der Waals surface area contributed by atoms with Crippen LogP contribution in [0, 0.1) is 0 Å². The summed E-state index contributed by atoms with van der Waals surface area (Å²) in [5, 5.41) is 8.49. The maximum absolute atomic E-state index is 10.3. The minimum absolute atomic E-state index is 0.0671. The SMILES string of the molecule is N[C@H](C(=O)O)C1SCCS1. The first-order chi connectivity index (χ1) is 4.72. The average molecular weight is 179 g/mol. The number of hydrogen-bond acceptors (Lipinski definition) is 4. The Labute approximate surface area is 67.7 Å². The molecule has 0 amide bonds. The van der Waals surface area contributed by atoms with Crippen LogP contribution in [0.15, 0.2) is 0 Å². The maximum Gasteiger partial charge on any atom is 0.322 e. The van der Waals surface area contributed by atoms with E-state index < -0.39 is 12.0 Å². The van der Waals surface area contributed by atoms with Crippen LogP contribution in [0.1, 0.15) is 0 Å². The van der Waals surface area contributed by atoms with Crippen LogP contribution in [0.25, 0.3) is 0 Å².